The van der Waals surface area contributed by atoms with E-state index in [0.717, 1.165) is 12.3 Å². The highest BCUT2D eigenvalue weighted by molar-refractivity contribution is 5.88. The van der Waals surface area contributed by atoms with Gasteiger partial charge in [-0.15, -0.1) is 0 Å². The Bertz CT molecular complexity index is 366. The van der Waals surface area contributed by atoms with Crippen LogP contribution in [0.15, 0.2) is 12.4 Å². The van der Waals surface area contributed by atoms with E-state index in [1.807, 2.05) is 17.8 Å². The fraction of sp³-hybridized carbons (Fsp3) is 0.692. The number of carbonyl (C=O) groups excluding carboxylic acids is 1. The van der Waals surface area contributed by atoms with Gasteiger partial charge in [-0.3, -0.25) is 10.1 Å². The number of carbonyl (C=O) groups is 1. The highest BCUT2D eigenvalue weighted by Gasteiger charge is 2.15. The number of aryl methyl sites for hydroxylation is 1. The minimum absolute atomic E-state index is 0.0878. The predicted octanol–water partition coefficient (Wildman–Crippen LogP) is 2.72. The number of hydrogen-bond donors (Lipinski definition) is 1. The maximum absolute atomic E-state index is 11.7. The van der Waals surface area contributed by atoms with Gasteiger partial charge in [-0.2, -0.15) is 0 Å². The Labute approximate surface area is 102 Å². The molecule has 1 heterocycles. The molecule has 17 heavy (non-hydrogen) atoms. The molecule has 94 valence electrons. The maximum atomic E-state index is 11.7. The molecule has 2 rings (SSSR count). The molecule has 1 aliphatic carbocycles. The monoisotopic (exact) mass is 235 g/mol. The molecule has 0 radical (unpaired) electrons. The lowest BCUT2D eigenvalue weighted by molar-refractivity contribution is -0.116. The zero-order chi connectivity index (χ0) is 12.1. The van der Waals surface area contributed by atoms with E-state index >= 15 is 0 Å². The normalized spacial score (nSPS) is 17.0. The highest BCUT2D eigenvalue weighted by Crippen LogP contribution is 2.27. The molecule has 1 aromatic heterocycles. The van der Waals surface area contributed by atoms with Crippen molar-refractivity contribution >= 4 is 11.9 Å². The largest absolute Gasteiger partial charge is 0.320 e. The first-order valence-corrected chi connectivity index (χ1v) is 6.53. The Morgan fingerprint density at radius 3 is 2.88 bits per heavy atom. The molecular formula is C13H21N3O. The summed E-state index contributed by atoms with van der Waals surface area (Å²) in [4.78, 5) is 15.8. The average Bonchev–Trinajstić information content (AvgIpc) is 2.74. The van der Waals surface area contributed by atoms with Crippen molar-refractivity contribution in [3.63, 3.8) is 0 Å². The van der Waals surface area contributed by atoms with Crippen LogP contribution in [0.2, 0.25) is 0 Å². The van der Waals surface area contributed by atoms with Gasteiger partial charge in [0, 0.05) is 25.9 Å². The van der Waals surface area contributed by atoms with Crippen molar-refractivity contribution in [2.75, 3.05) is 5.32 Å². The van der Waals surface area contributed by atoms with Crippen molar-refractivity contribution in [2.24, 2.45) is 13.0 Å². The Balaban J connectivity index is 1.72. The van der Waals surface area contributed by atoms with E-state index in [9.17, 15) is 4.79 Å². The molecule has 4 nitrogen and oxygen atoms in total. The van der Waals surface area contributed by atoms with Gasteiger partial charge in [-0.25, -0.2) is 4.98 Å². The summed E-state index contributed by atoms with van der Waals surface area (Å²) in [5, 5.41) is 2.84. The molecular weight excluding hydrogens is 214 g/mol. The van der Waals surface area contributed by atoms with E-state index in [4.69, 9.17) is 0 Å². The number of amides is 1. The van der Waals surface area contributed by atoms with Crippen molar-refractivity contribution in [3.8, 4) is 0 Å². The van der Waals surface area contributed by atoms with Crippen LogP contribution >= 0.6 is 0 Å². The number of nitrogens with zero attached hydrogens (tertiary/aromatic N) is 2. The Morgan fingerprint density at radius 1 is 1.47 bits per heavy atom. The first-order chi connectivity index (χ1) is 8.25. The third-order valence-corrected chi connectivity index (χ3v) is 3.58. The molecule has 1 aliphatic rings. The summed E-state index contributed by atoms with van der Waals surface area (Å²) >= 11 is 0. The number of anilines is 1. The Hall–Kier alpha value is -1.32. The van der Waals surface area contributed by atoms with Crippen molar-refractivity contribution in [2.45, 2.75) is 44.9 Å². The van der Waals surface area contributed by atoms with Crippen molar-refractivity contribution < 1.29 is 4.79 Å². The average molecular weight is 235 g/mol. The van der Waals surface area contributed by atoms with Crippen molar-refractivity contribution in [1.82, 2.24) is 9.55 Å². The van der Waals surface area contributed by atoms with Crippen LogP contribution in [0.1, 0.15) is 44.9 Å². The van der Waals surface area contributed by atoms with Crippen LogP contribution in [-0.4, -0.2) is 15.5 Å². The number of hydrogen-bond acceptors (Lipinski definition) is 2. The number of aromatic nitrogens is 2. The van der Waals surface area contributed by atoms with Crippen LogP contribution in [0.25, 0.3) is 0 Å². The number of rotatable bonds is 4. The predicted molar refractivity (Wildman–Crippen MR) is 67.6 cm³/mol. The number of nitrogens with one attached hydrogen (secondary N) is 1. The highest BCUT2D eigenvalue weighted by atomic mass is 16.1. The van der Waals surface area contributed by atoms with Crippen molar-refractivity contribution in [3.05, 3.63) is 12.4 Å². The fourth-order valence-electron chi connectivity index (χ4n) is 2.48. The minimum Gasteiger partial charge on any atom is -0.320 e. The summed E-state index contributed by atoms with van der Waals surface area (Å²) in [5.41, 5.74) is 0. The molecule has 1 amide bonds. The minimum atomic E-state index is 0.0878. The van der Waals surface area contributed by atoms with Gasteiger partial charge in [0.1, 0.15) is 0 Å². The first kappa shape index (κ1) is 12.1. The van der Waals surface area contributed by atoms with Crippen LogP contribution in [-0.2, 0) is 11.8 Å². The molecule has 0 spiro atoms. The second-order valence-corrected chi connectivity index (χ2v) is 4.95. The zero-order valence-electron chi connectivity index (χ0n) is 10.5. The molecule has 1 aromatic rings. The van der Waals surface area contributed by atoms with Crippen LogP contribution in [0, 0.1) is 5.92 Å². The van der Waals surface area contributed by atoms with Crippen LogP contribution in [0.3, 0.4) is 0 Å². The molecule has 0 saturated heterocycles. The van der Waals surface area contributed by atoms with E-state index < -0.39 is 0 Å². The summed E-state index contributed by atoms with van der Waals surface area (Å²) in [6.07, 6.45) is 11.8. The van der Waals surface area contributed by atoms with Gasteiger partial charge >= 0.3 is 0 Å². The van der Waals surface area contributed by atoms with Crippen molar-refractivity contribution in [1.29, 1.82) is 0 Å². The third kappa shape index (κ3) is 3.58. The molecule has 1 N–H and O–H groups in total. The summed E-state index contributed by atoms with van der Waals surface area (Å²) in [6.45, 7) is 0. The summed E-state index contributed by atoms with van der Waals surface area (Å²) in [5.74, 6) is 1.49. The molecule has 1 fully saturated rings. The smallest absolute Gasteiger partial charge is 0.226 e. The topological polar surface area (TPSA) is 46.9 Å². The van der Waals surface area contributed by atoms with Crippen LogP contribution in [0.5, 0.6) is 0 Å². The Morgan fingerprint density at radius 2 is 2.24 bits per heavy atom. The fourth-order valence-corrected chi connectivity index (χ4v) is 2.48. The van der Waals surface area contributed by atoms with E-state index in [2.05, 4.69) is 10.3 Å². The zero-order valence-corrected chi connectivity index (χ0v) is 10.5. The van der Waals surface area contributed by atoms with E-state index in [1.54, 1.807) is 6.20 Å². The molecule has 0 aliphatic heterocycles. The molecule has 0 atom stereocenters. The summed E-state index contributed by atoms with van der Waals surface area (Å²) in [6, 6.07) is 0. The van der Waals surface area contributed by atoms with Crippen LogP contribution in [0.4, 0.5) is 5.95 Å². The van der Waals surface area contributed by atoms with Gasteiger partial charge < -0.3 is 4.57 Å². The molecule has 0 aromatic carbocycles. The first-order valence-electron chi connectivity index (χ1n) is 6.53. The van der Waals surface area contributed by atoms with Gasteiger partial charge in [-0.05, 0) is 12.3 Å². The van der Waals surface area contributed by atoms with Gasteiger partial charge in [0.25, 0.3) is 0 Å². The quantitative estimate of drug-likeness (QED) is 0.872. The van der Waals surface area contributed by atoms with E-state index in [1.165, 1.54) is 32.1 Å². The van der Waals surface area contributed by atoms with Gasteiger partial charge in [0.15, 0.2) is 0 Å². The van der Waals surface area contributed by atoms with Crippen LogP contribution < -0.4 is 5.32 Å². The second-order valence-electron chi connectivity index (χ2n) is 4.95. The maximum Gasteiger partial charge on any atom is 0.226 e. The third-order valence-electron chi connectivity index (χ3n) is 3.58. The lowest BCUT2D eigenvalue weighted by Crippen LogP contribution is -2.16. The lowest BCUT2D eigenvalue weighted by Gasteiger charge is -2.20. The Kier molecular flexibility index (Phi) is 4.18. The van der Waals surface area contributed by atoms with E-state index in [0.29, 0.717) is 12.4 Å². The van der Waals surface area contributed by atoms with Gasteiger partial charge in [0.05, 0.1) is 0 Å². The molecule has 1 saturated carbocycles. The summed E-state index contributed by atoms with van der Waals surface area (Å²) < 4.78 is 1.82. The van der Waals surface area contributed by atoms with Gasteiger partial charge in [0.2, 0.25) is 11.9 Å². The lowest BCUT2D eigenvalue weighted by atomic mass is 9.86. The summed E-state index contributed by atoms with van der Waals surface area (Å²) in [7, 11) is 1.88. The second kappa shape index (κ2) is 5.84. The molecule has 0 unspecified atom stereocenters. The number of imidazole rings is 1. The molecule has 0 bridgehead atoms. The SMILES string of the molecule is Cn1ccnc1NC(=O)CCC1CCCCC1. The molecule has 4 heteroatoms. The van der Waals surface area contributed by atoms with Gasteiger partial charge in [-0.1, -0.05) is 32.1 Å². The standard InChI is InChI=1S/C13H21N3O/c1-16-10-9-14-13(16)15-12(17)8-7-11-5-3-2-4-6-11/h9-11H,2-8H2,1H3,(H,14,15,17). The van der Waals surface area contributed by atoms with E-state index in [-0.39, 0.29) is 5.91 Å².